The highest BCUT2D eigenvalue weighted by Gasteiger charge is 1.93. The van der Waals surface area contributed by atoms with Crippen molar-refractivity contribution in [1.82, 2.24) is 0 Å². The molecule has 0 saturated heterocycles. The van der Waals surface area contributed by atoms with Crippen molar-refractivity contribution in [3.63, 3.8) is 0 Å². The highest BCUT2D eigenvalue weighted by Crippen LogP contribution is 2.13. The fourth-order valence-corrected chi connectivity index (χ4v) is 0.769. The van der Waals surface area contributed by atoms with Crippen LogP contribution >= 0.6 is 11.6 Å². The number of hydrogen-bond donors (Lipinski definition) is 0. The molecule has 0 spiro atoms. The molecule has 0 bridgehead atoms. The van der Waals surface area contributed by atoms with Crippen LogP contribution in [0, 0.1) is 0 Å². The standard InChI is InChI=1S/C8H7ClO2/c1-6(10)2-3-7-4-5-8(9)11-7/h2-5H,1H3/b3-2+. The van der Waals surface area contributed by atoms with E-state index in [1.54, 1.807) is 18.2 Å². The van der Waals surface area contributed by atoms with Gasteiger partial charge in [-0.2, -0.15) is 0 Å². The first-order valence-corrected chi connectivity index (χ1v) is 3.50. The van der Waals surface area contributed by atoms with Gasteiger partial charge in [0.15, 0.2) is 11.0 Å². The maximum absolute atomic E-state index is 10.5. The van der Waals surface area contributed by atoms with Gasteiger partial charge in [0.2, 0.25) is 0 Å². The molecule has 0 aliphatic rings. The molecule has 1 aromatic rings. The second-order valence-electron chi connectivity index (χ2n) is 2.09. The van der Waals surface area contributed by atoms with E-state index in [1.165, 1.54) is 13.0 Å². The Bertz CT molecular complexity index is 286. The van der Waals surface area contributed by atoms with E-state index in [4.69, 9.17) is 16.0 Å². The predicted molar refractivity (Wildman–Crippen MR) is 43.4 cm³/mol. The summed E-state index contributed by atoms with van der Waals surface area (Å²) >= 11 is 5.49. The molecule has 58 valence electrons. The highest BCUT2D eigenvalue weighted by molar-refractivity contribution is 6.28. The van der Waals surface area contributed by atoms with Gasteiger partial charge in [0, 0.05) is 0 Å². The average molecular weight is 171 g/mol. The van der Waals surface area contributed by atoms with Crippen LogP contribution in [0.3, 0.4) is 0 Å². The van der Waals surface area contributed by atoms with Gasteiger partial charge in [-0.3, -0.25) is 4.79 Å². The van der Waals surface area contributed by atoms with E-state index < -0.39 is 0 Å². The van der Waals surface area contributed by atoms with Crippen LogP contribution in [-0.4, -0.2) is 5.78 Å². The molecule has 0 N–H and O–H groups in total. The smallest absolute Gasteiger partial charge is 0.193 e. The Morgan fingerprint density at radius 2 is 2.36 bits per heavy atom. The first-order chi connectivity index (χ1) is 5.18. The van der Waals surface area contributed by atoms with E-state index in [-0.39, 0.29) is 5.78 Å². The minimum atomic E-state index is -0.0162. The van der Waals surface area contributed by atoms with Gasteiger partial charge in [0.1, 0.15) is 5.76 Å². The zero-order valence-electron chi connectivity index (χ0n) is 6.00. The molecule has 1 aromatic heterocycles. The van der Waals surface area contributed by atoms with E-state index >= 15 is 0 Å². The van der Waals surface area contributed by atoms with Gasteiger partial charge < -0.3 is 4.42 Å². The zero-order valence-corrected chi connectivity index (χ0v) is 6.76. The molecule has 0 amide bonds. The number of rotatable bonds is 2. The molecule has 0 atom stereocenters. The molecular weight excluding hydrogens is 164 g/mol. The lowest BCUT2D eigenvalue weighted by Gasteiger charge is -1.81. The fraction of sp³-hybridized carbons (Fsp3) is 0.125. The van der Waals surface area contributed by atoms with Crippen LogP contribution in [0.15, 0.2) is 22.6 Å². The molecule has 1 rings (SSSR count). The average Bonchev–Trinajstić information content (AvgIpc) is 2.31. The molecule has 0 radical (unpaired) electrons. The maximum atomic E-state index is 10.5. The van der Waals surface area contributed by atoms with E-state index in [1.807, 2.05) is 0 Å². The molecule has 0 aliphatic carbocycles. The lowest BCUT2D eigenvalue weighted by Crippen LogP contribution is -1.78. The van der Waals surface area contributed by atoms with Crippen LogP contribution in [0.25, 0.3) is 6.08 Å². The summed E-state index contributed by atoms with van der Waals surface area (Å²) in [5.74, 6) is 0.572. The normalized spacial score (nSPS) is 10.7. The summed E-state index contributed by atoms with van der Waals surface area (Å²) in [6.45, 7) is 1.47. The van der Waals surface area contributed by atoms with E-state index in [9.17, 15) is 4.79 Å². The van der Waals surface area contributed by atoms with Crippen molar-refractivity contribution in [3.05, 3.63) is 29.2 Å². The van der Waals surface area contributed by atoms with Crippen molar-refractivity contribution < 1.29 is 9.21 Å². The summed E-state index contributed by atoms with van der Waals surface area (Å²) < 4.78 is 4.96. The Hall–Kier alpha value is -1.02. The summed E-state index contributed by atoms with van der Waals surface area (Å²) in [5, 5.41) is 0.327. The minimum Gasteiger partial charge on any atom is -0.445 e. The summed E-state index contributed by atoms with van der Waals surface area (Å²) in [6.07, 6.45) is 3.00. The molecule has 1 heterocycles. The van der Waals surface area contributed by atoms with Crippen molar-refractivity contribution in [2.24, 2.45) is 0 Å². The SMILES string of the molecule is CC(=O)/C=C/c1ccc(Cl)o1. The van der Waals surface area contributed by atoms with Gasteiger partial charge in [0.25, 0.3) is 0 Å². The number of carbonyl (C=O) groups excluding carboxylic acids is 1. The highest BCUT2D eigenvalue weighted by atomic mass is 35.5. The van der Waals surface area contributed by atoms with Gasteiger partial charge in [-0.1, -0.05) is 0 Å². The van der Waals surface area contributed by atoms with Crippen LogP contribution in [-0.2, 0) is 4.79 Å². The number of ketones is 1. The van der Waals surface area contributed by atoms with Crippen LogP contribution < -0.4 is 0 Å². The molecule has 11 heavy (non-hydrogen) atoms. The fourth-order valence-electron chi connectivity index (χ4n) is 0.617. The summed E-state index contributed by atoms with van der Waals surface area (Å²) in [6, 6.07) is 3.32. The van der Waals surface area contributed by atoms with E-state index in [2.05, 4.69) is 0 Å². The second kappa shape index (κ2) is 3.39. The quantitative estimate of drug-likeness (QED) is 0.639. The lowest BCUT2D eigenvalue weighted by atomic mass is 10.3. The monoisotopic (exact) mass is 170 g/mol. The summed E-state index contributed by atoms with van der Waals surface area (Å²) in [7, 11) is 0. The number of carbonyl (C=O) groups is 1. The third-order valence-electron chi connectivity index (χ3n) is 1.08. The molecule has 0 aromatic carbocycles. The molecular formula is C8H7ClO2. The topological polar surface area (TPSA) is 30.2 Å². The number of furan rings is 1. The van der Waals surface area contributed by atoms with Crippen molar-refractivity contribution in [3.8, 4) is 0 Å². The zero-order chi connectivity index (χ0) is 8.27. The van der Waals surface area contributed by atoms with Gasteiger partial charge in [-0.15, -0.1) is 0 Å². The Labute approximate surface area is 69.5 Å². The summed E-state index contributed by atoms with van der Waals surface area (Å²) in [5.41, 5.74) is 0. The number of allylic oxidation sites excluding steroid dienone is 1. The number of halogens is 1. The third kappa shape index (κ3) is 2.60. The molecule has 0 unspecified atom stereocenters. The van der Waals surface area contributed by atoms with Crippen LogP contribution in [0.2, 0.25) is 5.22 Å². The molecule has 0 fully saturated rings. The van der Waals surface area contributed by atoms with Crippen molar-refractivity contribution in [2.75, 3.05) is 0 Å². The van der Waals surface area contributed by atoms with Gasteiger partial charge in [-0.05, 0) is 42.8 Å². The van der Waals surface area contributed by atoms with Gasteiger partial charge >= 0.3 is 0 Å². The van der Waals surface area contributed by atoms with Crippen molar-refractivity contribution in [2.45, 2.75) is 6.92 Å². The molecule has 0 aliphatic heterocycles. The number of hydrogen-bond acceptors (Lipinski definition) is 2. The van der Waals surface area contributed by atoms with Crippen molar-refractivity contribution in [1.29, 1.82) is 0 Å². The Kier molecular flexibility index (Phi) is 2.49. The molecule has 0 saturated carbocycles. The third-order valence-corrected chi connectivity index (χ3v) is 1.28. The predicted octanol–water partition coefficient (Wildman–Crippen LogP) is 2.54. The van der Waals surface area contributed by atoms with Crippen LogP contribution in [0.5, 0.6) is 0 Å². The minimum absolute atomic E-state index is 0.0162. The van der Waals surface area contributed by atoms with Crippen molar-refractivity contribution >= 4 is 23.5 Å². The summed E-state index contributed by atoms with van der Waals surface area (Å²) in [4.78, 5) is 10.5. The lowest BCUT2D eigenvalue weighted by molar-refractivity contribution is -0.112. The maximum Gasteiger partial charge on any atom is 0.193 e. The second-order valence-corrected chi connectivity index (χ2v) is 2.46. The van der Waals surface area contributed by atoms with E-state index in [0.29, 0.717) is 11.0 Å². The Balaban J connectivity index is 2.71. The van der Waals surface area contributed by atoms with Crippen LogP contribution in [0.1, 0.15) is 12.7 Å². The first-order valence-electron chi connectivity index (χ1n) is 3.12. The molecule has 3 heteroatoms. The Morgan fingerprint density at radius 3 is 2.82 bits per heavy atom. The first kappa shape index (κ1) is 8.08. The molecule has 2 nitrogen and oxygen atoms in total. The van der Waals surface area contributed by atoms with Gasteiger partial charge in [0.05, 0.1) is 0 Å². The largest absolute Gasteiger partial charge is 0.445 e. The van der Waals surface area contributed by atoms with E-state index in [0.717, 1.165) is 0 Å². The Morgan fingerprint density at radius 1 is 1.64 bits per heavy atom. The van der Waals surface area contributed by atoms with Crippen LogP contribution in [0.4, 0.5) is 0 Å². The van der Waals surface area contributed by atoms with Gasteiger partial charge in [-0.25, -0.2) is 0 Å².